The van der Waals surface area contributed by atoms with Crippen LogP contribution in [0.3, 0.4) is 0 Å². The van der Waals surface area contributed by atoms with Crippen LogP contribution in [0.2, 0.25) is 0 Å². The molecular weight excluding hydrogens is 441 g/mol. The Morgan fingerprint density at radius 1 is 0.867 bits per heavy atom. The molecule has 2 aromatic carbocycles. The molecule has 164 valence electrons. The van der Waals surface area contributed by atoms with Gasteiger partial charge in [-0.05, 0) is 48.7 Å². The maximum Gasteiger partial charge on any atom is 0.416 e. The van der Waals surface area contributed by atoms with Gasteiger partial charge in [-0.1, -0.05) is 24.6 Å². The minimum atomic E-state index is -4.65. The zero-order valence-electron chi connectivity index (χ0n) is 15.9. The van der Waals surface area contributed by atoms with Gasteiger partial charge in [0.25, 0.3) is 0 Å². The molecule has 2 aromatic rings. The van der Waals surface area contributed by atoms with Crippen LogP contribution in [0.25, 0.3) is 0 Å². The Hall–Kier alpha value is -1.95. The van der Waals surface area contributed by atoms with E-state index in [9.17, 15) is 30.0 Å². The van der Waals surface area contributed by atoms with Crippen molar-refractivity contribution >= 4 is 20.0 Å². The number of nitrogens with zero attached hydrogens (tertiary/aromatic N) is 1. The van der Waals surface area contributed by atoms with Crippen molar-refractivity contribution in [1.82, 2.24) is 9.03 Å². The predicted molar refractivity (Wildman–Crippen MR) is 105 cm³/mol. The lowest BCUT2D eigenvalue weighted by molar-refractivity contribution is -0.137. The highest BCUT2D eigenvalue weighted by Crippen LogP contribution is 2.30. The van der Waals surface area contributed by atoms with Crippen molar-refractivity contribution in [2.45, 2.75) is 41.8 Å². The molecular formula is C19H21F3N2O4S2. The van der Waals surface area contributed by atoms with Crippen LogP contribution >= 0.6 is 0 Å². The average Bonchev–Trinajstić information content (AvgIpc) is 2.73. The van der Waals surface area contributed by atoms with E-state index in [1.54, 1.807) is 0 Å². The molecule has 0 radical (unpaired) electrons. The number of hydrogen-bond donors (Lipinski definition) is 1. The van der Waals surface area contributed by atoms with Crippen molar-refractivity contribution in [2.75, 3.05) is 13.1 Å². The van der Waals surface area contributed by atoms with Crippen LogP contribution in [0.5, 0.6) is 0 Å². The number of piperidine rings is 1. The molecule has 0 saturated carbocycles. The molecule has 6 nitrogen and oxygen atoms in total. The summed E-state index contributed by atoms with van der Waals surface area (Å²) in [5, 5.41) is 0. The standard InChI is InChI=1S/C19H21F3N2O4S2/c20-19(21,22)16-5-4-6-18(13-16)29(25,26)23-14-15-7-9-17(10-8-15)30(27,28)24-11-2-1-3-12-24/h4-10,13,23H,1-3,11-12,14H2. The highest BCUT2D eigenvalue weighted by molar-refractivity contribution is 7.89. The van der Waals surface area contributed by atoms with Crippen LogP contribution in [0.15, 0.2) is 58.3 Å². The van der Waals surface area contributed by atoms with Crippen LogP contribution < -0.4 is 4.72 Å². The summed E-state index contributed by atoms with van der Waals surface area (Å²) < 4.78 is 92.0. The lowest BCUT2D eigenvalue weighted by Gasteiger charge is -2.25. The number of alkyl halides is 3. The minimum absolute atomic E-state index is 0.119. The third-order valence-corrected chi connectivity index (χ3v) is 8.13. The fourth-order valence-electron chi connectivity index (χ4n) is 3.13. The van der Waals surface area contributed by atoms with Gasteiger partial charge in [0.2, 0.25) is 20.0 Å². The second-order valence-corrected chi connectivity index (χ2v) is 10.7. The Bertz CT molecular complexity index is 1090. The number of rotatable bonds is 6. The first kappa shape index (κ1) is 22.7. The van der Waals surface area contributed by atoms with E-state index >= 15 is 0 Å². The molecule has 3 rings (SSSR count). The number of hydrogen-bond acceptors (Lipinski definition) is 4. The molecule has 0 amide bonds. The zero-order chi connectivity index (χ0) is 22.0. The molecule has 1 fully saturated rings. The Kier molecular flexibility index (Phi) is 6.56. The Morgan fingerprint density at radius 3 is 2.10 bits per heavy atom. The Labute approximate surface area is 173 Å². The number of halogens is 3. The summed E-state index contributed by atoms with van der Waals surface area (Å²) in [5.74, 6) is 0. The van der Waals surface area contributed by atoms with Gasteiger partial charge in [-0.3, -0.25) is 0 Å². The smallest absolute Gasteiger partial charge is 0.207 e. The molecule has 0 aromatic heterocycles. The van der Waals surface area contributed by atoms with E-state index in [4.69, 9.17) is 0 Å². The predicted octanol–water partition coefficient (Wildman–Crippen LogP) is 3.36. The summed E-state index contributed by atoms with van der Waals surface area (Å²) in [7, 11) is -7.77. The van der Waals surface area contributed by atoms with Gasteiger partial charge < -0.3 is 0 Å². The fraction of sp³-hybridized carbons (Fsp3) is 0.368. The van der Waals surface area contributed by atoms with Crippen molar-refractivity contribution in [2.24, 2.45) is 0 Å². The SMILES string of the molecule is O=S(=O)(NCc1ccc(S(=O)(=O)N2CCCCC2)cc1)c1cccc(C(F)(F)F)c1. The van der Waals surface area contributed by atoms with Gasteiger partial charge in [-0.25, -0.2) is 21.6 Å². The molecule has 1 saturated heterocycles. The van der Waals surface area contributed by atoms with Gasteiger partial charge in [-0.15, -0.1) is 0 Å². The third kappa shape index (κ3) is 5.20. The molecule has 0 aliphatic carbocycles. The summed E-state index contributed by atoms with van der Waals surface area (Å²) in [6.45, 7) is 0.754. The summed E-state index contributed by atoms with van der Waals surface area (Å²) in [5.41, 5.74) is -0.583. The maximum atomic E-state index is 12.8. The Balaban J connectivity index is 1.70. The summed E-state index contributed by atoms with van der Waals surface area (Å²) in [4.78, 5) is -0.379. The molecule has 1 aliphatic rings. The van der Waals surface area contributed by atoms with Gasteiger partial charge in [0.15, 0.2) is 0 Å². The molecule has 0 spiro atoms. The van der Waals surface area contributed by atoms with E-state index in [0.717, 1.165) is 37.5 Å². The first-order valence-corrected chi connectivity index (χ1v) is 12.2. The number of sulfonamides is 2. The molecule has 0 bridgehead atoms. The summed E-state index contributed by atoms with van der Waals surface area (Å²) in [6, 6.07) is 9.22. The first-order valence-electron chi connectivity index (χ1n) is 9.26. The molecule has 1 aliphatic heterocycles. The molecule has 30 heavy (non-hydrogen) atoms. The number of nitrogens with one attached hydrogen (secondary N) is 1. The van der Waals surface area contributed by atoms with Crippen LogP contribution in [0, 0.1) is 0 Å². The van der Waals surface area contributed by atoms with Crippen LogP contribution in [0.1, 0.15) is 30.4 Å². The summed E-state index contributed by atoms with van der Waals surface area (Å²) >= 11 is 0. The second-order valence-electron chi connectivity index (χ2n) is 6.96. The highest BCUT2D eigenvalue weighted by atomic mass is 32.2. The quantitative estimate of drug-likeness (QED) is 0.714. The van der Waals surface area contributed by atoms with Crippen molar-refractivity contribution in [3.63, 3.8) is 0 Å². The van der Waals surface area contributed by atoms with Gasteiger partial charge in [-0.2, -0.15) is 17.5 Å². The molecule has 0 atom stereocenters. The van der Waals surface area contributed by atoms with E-state index in [2.05, 4.69) is 4.72 Å². The van der Waals surface area contributed by atoms with Crippen molar-refractivity contribution in [3.8, 4) is 0 Å². The van der Waals surface area contributed by atoms with Gasteiger partial charge in [0.05, 0.1) is 15.4 Å². The van der Waals surface area contributed by atoms with Crippen LogP contribution in [-0.4, -0.2) is 34.2 Å². The van der Waals surface area contributed by atoms with Gasteiger partial charge in [0.1, 0.15) is 0 Å². The van der Waals surface area contributed by atoms with Crippen molar-refractivity contribution in [3.05, 3.63) is 59.7 Å². The van der Waals surface area contributed by atoms with Crippen LogP contribution in [0.4, 0.5) is 13.2 Å². The van der Waals surface area contributed by atoms with Gasteiger partial charge >= 0.3 is 6.18 Å². The van der Waals surface area contributed by atoms with E-state index in [1.165, 1.54) is 28.6 Å². The topological polar surface area (TPSA) is 83.5 Å². The number of benzene rings is 2. The van der Waals surface area contributed by atoms with E-state index in [1.807, 2.05) is 0 Å². The second kappa shape index (κ2) is 8.66. The summed E-state index contributed by atoms with van der Waals surface area (Å²) in [6.07, 6.45) is -2.03. The third-order valence-electron chi connectivity index (χ3n) is 4.81. The average molecular weight is 463 g/mol. The minimum Gasteiger partial charge on any atom is -0.207 e. The molecule has 1 N–H and O–H groups in total. The largest absolute Gasteiger partial charge is 0.416 e. The van der Waals surface area contributed by atoms with E-state index in [-0.39, 0.29) is 11.4 Å². The van der Waals surface area contributed by atoms with E-state index < -0.39 is 36.7 Å². The Morgan fingerprint density at radius 2 is 1.50 bits per heavy atom. The first-order chi connectivity index (χ1) is 14.0. The monoisotopic (exact) mass is 462 g/mol. The molecule has 1 heterocycles. The lowest BCUT2D eigenvalue weighted by Crippen LogP contribution is -2.35. The maximum absolute atomic E-state index is 12.8. The highest BCUT2D eigenvalue weighted by Gasteiger charge is 2.31. The van der Waals surface area contributed by atoms with Gasteiger partial charge in [0, 0.05) is 19.6 Å². The lowest BCUT2D eigenvalue weighted by atomic mass is 10.2. The fourth-order valence-corrected chi connectivity index (χ4v) is 5.72. The normalized spacial score (nSPS) is 16.5. The molecule has 11 heteroatoms. The van der Waals surface area contributed by atoms with E-state index in [0.29, 0.717) is 24.7 Å². The zero-order valence-corrected chi connectivity index (χ0v) is 17.5. The van der Waals surface area contributed by atoms with Crippen molar-refractivity contribution in [1.29, 1.82) is 0 Å². The van der Waals surface area contributed by atoms with Crippen LogP contribution in [-0.2, 0) is 32.8 Å². The van der Waals surface area contributed by atoms with Crippen molar-refractivity contribution < 1.29 is 30.0 Å². The molecule has 0 unspecified atom stereocenters.